The number of benzene rings is 4. The van der Waals surface area contributed by atoms with E-state index < -0.39 is 0 Å². The van der Waals surface area contributed by atoms with Gasteiger partial charge in [-0.3, -0.25) is 0 Å². The van der Waals surface area contributed by atoms with Gasteiger partial charge in [-0.2, -0.15) is 84.3 Å². The van der Waals surface area contributed by atoms with Gasteiger partial charge in [-0.15, -0.1) is 83.6 Å². The molecular formula is C34H32Ti-4. The third kappa shape index (κ3) is 11.4. The van der Waals surface area contributed by atoms with Crippen molar-refractivity contribution in [2.45, 2.75) is 6.92 Å². The summed E-state index contributed by atoms with van der Waals surface area (Å²) in [5, 5.41) is 5.32. The summed E-state index contributed by atoms with van der Waals surface area (Å²) in [4.78, 5) is 0. The SMILES string of the molecule is C[CH]=[Ti].[CH2-]c1ccccc1.[CH2-]c1ccccc1.c1ccc2[cH-]ccc2c1.c1ccc2[cH-]ccc2c1. The summed E-state index contributed by atoms with van der Waals surface area (Å²) in [7, 11) is 0. The molecule has 0 aliphatic heterocycles. The minimum atomic E-state index is 1.07. The zero-order chi connectivity index (χ0) is 25.1. The van der Waals surface area contributed by atoms with Gasteiger partial charge in [-0.05, 0) is 0 Å². The molecule has 0 saturated carbocycles. The predicted molar refractivity (Wildman–Crippen MR) is 153 cm³/mol. The molecule has 0 heterocycles. The molecule has 0 N–H and O–H groups in total. The van der Waals surface area contributed by atoms with Crippen LogP contribution in [0.3, 0.4) is 0 Å². The van der Waals surface area contributed by atoms with Gasteiger partial charge in [0.2, 0.25) is 0 Å². The first-order chi connectivity index (χ1) is 17.1. The molecule has 1 heteroatoms. The van der Waals surface area contributed by atoms with Crippen LogP contribution in [-0.2, 0) is 20.0 Å². The van der Waals surface area contributed by atoms with E-state index in [1.807, 2.05) is 91.9 Å². The van der Waals surface area contributed by atoms with Crippen LogP contribution in [0, 0.1) is 13.8 Å². The average Bonchev–Trinajstić information content (AvgIpc) is 3.56. The number of rotatable bonds is 0. The Balaban J connectivity index is 0.000000160. The minimum absolute atomic E-state index is 1.07. The van der Waals surface area contributed by atoms with Crippen LogP contribution in [0.4, 0.5) is 0 Å². The van der Waals surface area contributed by atoms with Crippen molar-refractivity contribution in [3.63, 3.8) is 0 Å². The first-order valence-electron chi connectivity index (χ1n) is 11.5. The van der Waals surface area contributed by atoms with Gasteiger partial charge in [0.05, 0.1) is 0 Å². The molecule has 6 aromatic rings. The average molecular weight is 488 g/mol. The maximum atomic E-state index is 3.72. The third-order valence-corrected chi connectivity index (χ3v) is 4.78. The van der Waals surface area contributed by atoms with Gasteiger partial charge in [0.25, 0.3) is 0 Å². The maximum Gasteiger partial charge on any atom is -0.0809 e. The molecule has 6 rings (SSSR count). The van der Waals surface area contributed by atoms with Crippen LogP contribution in [-0.4, -0.2) is 4.31 Å². The molecule has 0 unspecified atom stereocenters. The second kappa shape index (κ2) is 16.9. The van der Waals surface area contributed by atoms with Gasteiger partial charge in [-0.25, -0.2) is 0 Å². The van der Waals surface area contributed by atoms with Crippen molar-refractivity contribution in [1.29, 1.82) is 0 Å². The number of hydrogen-bond acceptors (Lipinski definition) is 0. The molecule has 6 aromatic carbocycles. The summed E-state index contributed by atoms with van der Waals surface area (Å²) in [5.74, 6) is 0. The molecule has 0 atom stereocenters. The molecule has 0 fully saturated rings. The molecule has 0 bridgehead atoms. The zero-order valence-electron chi connectivity index (χ0n) is 20.3. The summed E-state index contributed by atoms with van der Waals surface area (Å²) in [6.45, 7) is 9.44. The van der Waals surface area contributed by atoms with E-state index in [0.29, 0.717) is 0 Å². The minimum Gasteiger partial charge on any atom is -0.199 e. The number of hydrogen-bond donors (Lipinski definition) is 0. The largest absolute Gasteiger partial charge is 0.199 e. The smallest absolute Gasteiger partial charge is 0.0809 e. The van der Waals surface area contributed by atoms with Crippen LogP contribution in [0.5, 0.6) is 0 Å². The quantitative estimate of drug-likeness (QED) is 0.148. The summed E-state index contributed by atoms with van der Waals surface area (Å²) in [6.07, 6.45) is 0. The van der Waals surface area contributed by atoms with Crippen LogP contribution in [0.15, 0.2) is 146 Å². The Morgan fingerprint density at radius 1 is 0.514 bits per heavy atom. The van der Waals surface area contributed by atoms with Crippen LogP contribution < -0.4 is 0 Å². The van der Waals surface area contributed by atoms with Gasteiger partial charge in [-0.1, -0.05) is 24.3 Å². The molecule has 0 nitrogen and oxygen atoms in total. The molecule has 0 aromatic heterocycles. The Labute approximate surface area is 222 Å². The van der Waals surface area contributed by atoms with Gasteiger partial charge >= 0.3 is 31.2 Å². The van der Waals surface area contributed by atoms with E-state index >= 15 is 0 Å². The normalized spacial score (nSPS) is 9.03. The molecule has 0 aliphatic carbocycles. The van der Waals surface area contributed by atoms with Crippen molar-refractivity contribution in [3.05, 3.63) is 171 Å². The predicted octanol–water partition coefficient (Wildman–Crippen LogP) is 9.21. The topological polar surface area (TPSA) is 0 Å². The Bertz CT molecular complexity index is 1160. The van der Waals surface area contributed by atoms with Gasteiger partial charge in [0.15, 0.2) is 0 Å². The molecule has 0 amide bonds. The fourth-order valence-electron chi connectivity index (χ4n) is 3.10. The second-order valence-corrected chi connectivity index (χ2v) is 8.47. The molecular weight excluding hydrogens is 456 g/mol. The van der Waals surface area contributed by atoms with Crippen molar-refractivity contribution in [2.75, 3.05) is 0 Å². The van der Waals surface area contributed by atoms with Gasteiger partial charge < -0.3 is 0 Å². The van der Waals surface area contributed by atoms with Gasteiger partial charge in [0, 0.05) is 0 Å². The Morgan fingerprint density at radius 3 is 1.11 bits per heavy atom. The van der Waals surface area contributed by atoms with Crippen LogP contribution in [0.25, 0.3) is 21.5 Å². The van der Waals surface area contributed by atoms with Crippen LogP contribution in [0.1, 0.15) is 18.1 Å². The van der Waals surface area contributed by atoms with Crippen molar-refractivity contribution in [3.8, 4) is 0 Å². The fraction of sp³-hybridized carbons (Fsp3) is 0.0294. The first-order valence-corrected chi connectivity index (χ1v) is 12.4. The first kappa shape index (κ1) is 27.7. The molecule has 0 saturated heterocycles. The summed E-state index contributed by atoms with van der Waals surface area (Å²) >= 11 is 2.00. The van der Waals surface area contributed by atoms with Crippen molar-refractivity contribution in [2.24, 2.45) is 0 Å². The zero-order valence-corrected chi connectivity index (χ0v) is 21.9. The molecule has 35 heavy (non-hydrogen) atoms. The standard InChI is InChI=1S/2C9H7.2C7H7.C2H4.Ti/c2*1-2-5-9-7-3-6-8(9)4-1;2*1-7-5-3-2-4-6-7;1-2;/h2*1-7H;2*2-6H,1H2;1H,2H3;/q4*-1;;. The van der Waals surface area contributed by atoms with E-state index in [9.17, 15) is 0 Å². The summed E-state index contributed by atoms with van der Waals surface area (Å²) in [6, 6.07) is 49.1. The van der Waals surface area contributed by atoms with E-state index in [2.05, 4.69) is 98.8 Å². The van der Waals surface area contributed by atoms with E-state index in [-0.39, 0.29) is 0 Å². The van der Waals surface area contributed by atoms with Crippen LogP contribution >= 0.6 is 0 Å². The van der Waals surface area contributed by atoms with Crippen LogP contribution in [0.2, 0.25) is 0 Å². The Morgan fingerprint density at radius 2 is 0.829 bits per heavy atom. The van der Waals surface area contributed by atoms with Crippen molar-refractivity contribution < 1.29 is 20.0 Å². The molecule has 0 aliphatic rings. The number of fused-ring (bicyclic) bond motifs is 2. The van der Waals surface area contributed by atoms with E-state index in [1.165, 1.54) is 21.5 Å². The fourth-order valence-corrected chi connectivity index (χ4v) is 3.10. The van der Waals surface area contributed by atoms with E-state index in [0.717, 1.165) is 11.1 Å². The summed E-state index contributed by atoms with van der Waals surface area (Å²) in [5.41, 5.74) is 2.14. The summed E-state index contributed by atoms with van der Waals surface area (Å²) < 4.78 is 2.00. The molecule has 176 valence electrons. The van der Waals surface area contributed by atoms with Gasteiger partial charge in [0.1, 0.15) is 0 Å². The van der Waals surface area contributed by atoms with Crippen molar-refractivity contribution in [1.82, 2.24) is 0 Å². The molecule has 0 spiro atoms. The monoisotopic (exact) mass is 488 g/mol. The second-order valence-electron chi connectivity index (χ2n) is 7.57. The van der Waals surface area contributed by atoms with E-state index in [4.69, 9.17) is 0 Å². The third-order valence-electron chi connectivity index (χ3n) is 4.78. The Kier molecular flexibility index (Phi) is 13.4. The Hall–Kier alpha value is -3.58. The maximum absolute atomic E-state index is 3.72. The van der Waals surface area contributed by atoms with E-state index in [1.54, 1.807) is 0 Å². The van der Waals surface area contributed by atoms with Crippen molar-refractivity contribution >= 4 is 25.9 Å². The molecule has 0 radical (unpaired) electrons.